The van der Waals surface area contributed by atoms with E-state index in [4.69, 9.17) is 9.47 Å². The third kappa shape index (κ3) is 8.74. The van der Waals surface area contributed by atoms with Crippen LogP contribution in [0.15, 0.2) is 60.7 Å². The quantitative estimate of drug-likeness (QED) is 0.178. The van der Waals surface area contributed by atoms with Crippen molar-refractivity contribution < 1.29 is 38.8 Å². The highest BCUT2D eigenvalue weighted by Crippen LogP contribution is 2.37. The Morgan fingerprint density at radius 1 is 1.24 bits per heavy atom. The maximum atomic E-state index is 13.8. The number of carbonyl (C=O) groups excluding carboxylic acids is 2. The number of benzene rings is 2. The zero-order valence-electron chi connectivity index (χ0n) is 22.9. The van der Waals surface area contributed by atoms with Crippen molar-refractivity contribution in [1.82, 2.24) is 10.2 Å². The number of amides is 2. The number of nitrogens with zero attached hydrogens (tertiary/aromatic N) is 1. The van der Waals surface area contributed by atoms with Gasteiger partial charge in [-0.3, -0.25) is 9.59 Å². The van der Waals surface area contributed by atoms with Crippen molar-refractivity contribution in [3.63, 3.8) is 0 Å². The van der Waals surface area contributed by atoms with Gasteiger partial charge < -0.3 is 35.0 Å². The monoisotopic (exact) mass is 682 g/mol. The minimum absolute atomic E-state index is 0.0326. The summed E-state index contributed by atoms with van der Waals surface area (Å²) in [6.45, 7) is 3.44. The van der Waals surface area contributed by atoms with Crippen molar-refractivity contribution in [1.29, 1.82) is 0 Å². The Morgan fingerprint density at radius 3 is 2.68 bits per heavy atom. The molecule has 41 heavy (non-hydrogen) atoms. The van der Waals surface area contributed by atoms with Gasteiger partial charge >= 0.3 is 0 Å². The minimum atomic E-state index is -1.23. The molecule has 3 unspecified atom stereocenters. The molecule has 3 rings (SSSR count). The standard InChI is InChI=1S/C30H36FIN2O7/c1-3-4-8-27(37)34(11-9-19-6-5-7-22(31)13-19)24-16-21(30(39)33-10-12-35)17-25(28(24)38)41-29-23(32)14-20(18-36)15-26(29)40-2/h3,5-7,13-15,17,24-25,28,35-36,38H,1,4,8-12,16,18H2,2H3,(H,33,39). The number of rotatable bonds is 14. The second-order valence-corrected chi connectivity index (χ2v) is 10.7. The SMILES string of the molecule is C=CCCC(=O)N(CCc1cccc(F)c1)C1CC(C(=O)NCCO)=CC(Oc2c(I)cc(CO)cc2OC)C1O. The average molecular weight is 683 g/mol. The molecule has 0 saturated heterocycles. The van der Waals surface area contributed by atoms with Crippen LogP contribution in [0.5, 0.6) is 11.5 Å². The van der Waals surface area contributed by atoms with Crippen LogP contribution in [0.3, 0.4) is 0 Å². The second kappa shape index (κ2) is 15.9. The molecule has 222 valence electrons. The molecule has 1 aliphatic rings. The average Bonchev–Trinajstić information content (AvgIpc) is 2.97. The summed E-state index contributed by atoms with van der Waals surface area (Å²) in [4.78, 5) is 28.0. The number of nitrogens with one attached hydrogen (secondary N) is 1. The van der Waals surface area contributed by atoms with Crippen LogP contribution >= 0.6 is 22.6 Å². The van der Waals surface area contributed by atoms with Crippen molar-refractivity contribution in [2.75, 3.05) is 26.8 Å². The molecule has 0 fully saturated rings. The first-order valence-corrected chi connectivity index (χ1v) is 14.4. The summed E-state index contributed by atoms with van der Waals surface area (Å²) < 4.78 is 26.2. The minimum Gasteiger partial charge on any atom is -0.493 e. The lowest BCUT2D eigenvalue weighted by Gasteiger charge is -2.41. The van der Waals surface area contributed by atoms with Gasteiger partial charge in [-0.05, 0) is 76.9 Å². The molecule has 0 aliphatic heterocycles. The van der Waals surface area contributed by atoms with Crippen LogP contribution in [-0.4, -0.2) is 77.1 Å². The lowest BCUT2D eigenvalue weighted by molar-refractivity contribution is -0.138. The van der Waals surface area contributed by atoms with E-state index in [9.17, 15) is 29.3 Å². The molecule has 11 heteroatoms. The van der Waals surface area contributed by atoms with Crippen LogP contribution in [0, 0.1) is 9.39 Å². The largest absolute Gasteiger partial charge is 0.493 e. The molecular formula is C30H36FIN2O7. The molecule has 0 saturated carbocycles. The smallest absolute Gasteiger partial charge is 0.247 e. The van der Waals surface area contributed by atoms with Gasteiger partial charge in [0.1, 0.15) is 18.0 Å². The Bertz CT molecular complexity index is 1260. The summed E-state index contributed by atoms with van der Waals surface area (Å²) >= 11 is 2.04. The van der Waals surface area contributed by atoms with Crippen LogP contribution in [0.25, 0.3) is 0 Å². The van der Waals surface area contributed by atoms with Crippen molar-refractivity contribution in [3.05, 3.63) is 81.2 Å². The van der Waals surface area contributed by atoms with E-state index in [-0.39, 0.29) is 56.4 Å². The Balaban J connectivity index is 1.99. The van der Waals surface area contributed by atoms with E-state index in [1.165, 1.54) is 30.2 Å². The summed E-state index contributed by atoms with van der Waals surface area (Å²) in [6, 6.07) is 8.59. The molecule has 3 atom stereocenters. The molecule has 2 aromatic rings. The first kappa shape index (κ1) is 32.5. The summed E-state index contributed by atoms with van der Waals surface area (Å²) in [6.07, 6.45) is 1.80. The normalized spacial score (nSPS) is 18.3. The van der Waals surface area contributed by atoms with E-state index in [2.05, 4.69) is 11.9 Å². The lowest BCUT2D eigenvalue weighted by atomic mass is 9.87. The van der Waals surface area contributed by atoms with Crippen molar-refractivity contribution in [2.45, 2.75) is 50.5 Å². The van der Waals surface area contributed by atoms with Gasteiger partial charge in [-0.25, -0.2) is 4.39 Å². The van der Waals surface area contributed by atoms with Crippen LogP contribution in [0.2, 0.25) is 0 Å². The first-order chi connectivity index (χ1) is 19.7. The van der Waals surface area contributed by atoms with Gasteiger partial charge in [0.2, 0.25) is 11.8 Å². The number of aliphatic hydroxyl groups is 3. The molecule has 0 aromatic heterocycles. The summed E-state index contributed by atoms with van der Waals surface area (Å²) in [5, 5.41) is 33.0. The highest BCUT2D eigenvalue weighted by Gasteiger charge is 2.40. The maximum Gasteiger partial charge on any atom is 0.247 e. The van der Waals surface area contributed by atoms with Crippen molar-refractivity contribution in [2.24, 2.45) is 0 Å². The highest BCUT2D eigenvalue weighted by molar-refractivity contribution is 14.1. The predicted molar refractivity (Wildman–Crippen MR) is 160 cm³/mol. The number of halogens is 2. The van der Waals surface area contributed by atoms with Gasteiger partial charge in [0.15, 0.2) is 11.5 Å². The Hall–Kier alpha value is -3.00. The fraction of sp³-hybridized carbons (Fsp3) is 0.400. The molecule has 9 nitrogen and oxygen atoms in total. The van der Waals surface area contributed by atoms with Crippen LogP contribution in [0.1, 0.15) is 30.4 Å². The topological polar surface area (TPSA) is 129 Å². The maximum absolute atomic E-state index is 13.8. The Morgan fingerprint density at radius 2 is 2.02 bits per heavy atom. The van der Waals surface area contributed by atoms with Crippen LogP contribution in [-0.2, 0) is 22.6 Å². The molecule has 0 heterocycles. The van der Waals surface area contributed by atoms with Crippen LogP contribution in [0.4, 0.5) is 4.39 Å². The number of hydrogen-bond donors (Lipinski definition) is 4. The zero-order chi connectivity index (χ0) is 29.9. The third-order valence-corrected chi connectivity index (χ3v) is 7.55. The number of methoxy groups -OCH3 is 1. The summed E-state index contributed by atoms with van der Waals surface area (Å²) in [5.74, 6) is -0.448. The Labute approximate surface area is 252 Å². The lowest BCUT2D eigenvalue weighted by Crippen LogP contribution is -2.55. The van der Waals surface area contributed by atoms with Gasteiger partial charge in [0, 0.05) is 31.5 Å². The number of aliphatic hydroxyl groups excluding tert-OH is 3. The van der Waals surface area contributed by atoms with Gasteiger partial charge in [-0.2, -0.15) is 0 Å². The molecule has 0 spiro atoms. The number of ether oxygens (including phenoxy) is 2. The van der Waals surface area contributed by atoms with E-state index in [1.54, 1.807) is 30.3 Å². The molecule has 4 N–H and O–H groups in total. The van der Waals surface area contributed by atoms with E-state index in [0.717, 1.165) is 0 Å². The number of carbonyl (C=O) groups is 2. The molecule has 0 radical (unpaired) electrons. The number of hydrogen-bond acceptors (Lipinski definition) is 7. The number of allylic oxidation sites excluding steroid dienone is 1. The molecule has 0 bridgehead atoms. The van der Waals surface area contributed by atoms with Crippen LogP contribution < -0.4 is 14.8 Å². The molecule has 1 aliphatic carbocycles. The van der Waals surface area contributed by atoms with Crippen molar-refractivity contribution in [3.8, 4) is 11.5 Å². The predicted octanol–water partition coefficient (Wildman–Crippen LogP) is 2.88. The fourth-order valence-electron chi connectivity index (χ4n) is 4.68. The van der Waals surface area contributed by atoms with Gasteiger partial charge in [-0.15, -0.1) is 6.58 Å². The first-order valence-electron chi connectivity index (χ1n) is 13.3. The molecule has 2 aromatic carbocycles. The Kier molecular flexibility index (Phi) is 12.6. The summed E-state index contributed by atoms with van der Waals surface area (Å²) in [5.41, 5.74) is 1.58. The van der Waals surface area contributed by atoms with E-state index in [1.807, 2.05) is 22.6 Å². The molecule has 2 amide bonds. The van der Waals surface area contributed by atoms with E-state index >= 15 is 0 Å². The summed E-state index contributed by atoms with van der Waals surface area (Å²) in [7, 11) is 1.45. The zero-order valence-corrected chi connectivity index (χ0v) is 25.1. The highest BCUT2D eigenvalue weighted by atomic mass is 127. The fourth-order valence-corrected chi connectivity index (χ4v) is 5.47. The van der Waals surface area contributed by atoms with Gasteiger partial charge in [0.05, 0.1) is 29.9 Å². The molecular weight excluding hydrogens is 646 g/mol. The van der Waals surface area contributed by atoms with E-state index in [0.29, 0.717) is 39.0 Å². The third-order valence-electron chi connectivity index (χ3n) is 6.75. The van der Waals surface area contributed by atoms with Crippen molar-refractivity contribution >= 4 is 34.4 Å². The second-order valence-electron chi connectivity index (χ2n) is 9.58. The van der Waals surface area contributed by atoms with Gasteiger partial charge in [-0.1, -0.05) is 18.2 Å². The van der Waals surface area contributed by atoms with Gasteiger partial charge in [0.25, 0.3) is 0 Å². The van der Waals surface area contributed by atoms with E-state index < -0.39 is 24.2 Å².